The van der Waals surface area contributed by atoms with Gasteiger partial charge in [0.1, 0.15) is 12.1 Å². The molecule has 1 saturated heterocycles. The van der Waals surface area contributed by atoms with Gasteiger partial charge in [0.05, 0.1) is 19.3 Å². The average molecular weight is 428 g/mol. The summed E-state index contributed by atoms with van der Waals surface area (Å²) in [5, 5.41) is 2.82. The first-order valence-electron chi connectivity index (χ1n) is 11.2. The average Bonchev–Trinajstić information content (AvgIpc) is 3.64. The molecule has 0 bridgehead atoms. The number of carbonyl (C=O) groups is 3. The normalized spacial score (nSPS) is 26.3. The number of carbonyl (C=O) groups excluding carboxylic acids is 3. The minimum Gasteiger partial charge on any atom is -0.490 e. The molecule has 0 aromatic heterocycles. The first kappa shape index (κ1) is 20.2. The van der Waals surface area contributed by atoms with E-state index in [-0.39, 0.29) is 36.4 Å². The van der Waals surface area contributed by atoms with Crippen LogP contribution in [0, 0.1) is 5.92 Å². The molecule has 1 aromatic rings. The quantitative estimate of drug-likeness (QED) is 0.705. The molecule has 31 heavy (non-hydrogen) atoms. The van der Waals surface area contributed by atoms with Gasteiger partial charge in [-0.2, -0.15) is 0 Å². The molecule has 3 fully saturated rings. The van der Waals surface area contributed by atoms with Crippen LogP contribution in [-0.2, 0) is 9.59 Å². The predicted molar refractivity (Wildman–Crippen MR) is 112 cm³/mol. The molecule has 2 saturated carbocycles. The molecule has 2 aliphatic carbocycles. The van der Waals surface area contributed by atoms with E-state index in [2.05, 4.69) is 5.32 Å². The van der Waals surface area contributed by atoms with E-state index in [9.17, 15) is 14.4 Å². The van der Waals surface area contributed by atoms with Gasteiger partial charge >= 0.3 is 6.03 Å². The van der Waals surface area contributed by atoms with Crippen molar-refractivity contribution in [1.29, 1.82) is 0 Å². The topological polar surface area (TPSA) is 88.2 Å². The fourth-order valence-electron chi connectivity index (χ4n) is 4.70. The van der Waals surface area contributed by atoms with Gasteiger partial charge in [0, 0.05) is 12.5 Å². The van der Waals surface area contributed by atoms with Gasteiger partial charge in [-0.05, 0) is 63.1 Å². The summed E-state index contributed by atoms with van der Waals surface area (Å²) in [5.74, 6) is 1.10. The molecule has 1 aromatic carbocycles. The van der Waals surface area contributed by atoms with Crippen molar-refractivity contribution in [2.75, 3.05) is 19.8 Å². The van der Waals surface area contributed by atoms with Crippen molar-refractivity contribution in [1.82, 2.24) is 15.1 Å². The standard InChI is InChI=1S/C23H29N3O5/c1-14(15-4-9-18-19(12-15)31-11-3-10-30-18)26(17-7-8-17)20(27)13-25-21(28)23(2,16-5-6-16)24-22(25)29/h4,9,12,14,16-17H,3,5-8,10-11,13H2,1-2H3,(H,24,29)/t14-,23-/m1/s1. The Labute approximate surface area is 181 Å². The number of fused-ring (bicyclic) bond motifs is 1. The number of urea groups is 1. The molecule has 5 rings (SSSR count). The van der Waals surface area contributed by atoms with E-state index in [4.69, 9.17) is 9.47 Å². The van der Waals surface area contributed by atoms with E-state index in [1.165, 1.54) is 0 Å². The number of hydrogen-bond donors (Lipinski definition) is 1. The molecule has 4 amide bonds. The van der Waals surface area contributed by atoms with Crippen LogP contribution in [0.25, 0.3) is 0 Å². The summed E-state index contributed by atoms with van der Waals surface area (Å²) in [6.07, 6.45) is 4.55. The maximum atomic E-state index is 13.3. The Hall–Kier alpha value is -2.77. The first-order valence-corrected chi connectivity index (χ1v) is 11.2. The van der Waals surface area contributed by atoms with E-state index < -0.39 is 11.6 Å². The Kier molecular flexibility index (Phi) is 4.83. The minimum atomic E-state index is -0.873. The number of imide groups is 1. The summed E-state index contributed by atoms with van der Waals surface area (Å²) in [6.45, 7) is 4.75. The highest BCUT2D eigenvalue weighted by Crippen LogP contribution is 2.43. The van der Waals surface area contributed by atoms with Crippen LogP contribution in [-0.4, -0.2) is 59.0 Å². The number of benzene rings is 1. The van der Waals surface area contributed by atoms with Crippen LogP contribution in [0.5, 0.6) is 11.5 Å². The van der Waals surface area contributed by atoms with Crippen molar-refractivity contribution in [2.24, 2.45) is 5.92 Å². The largest absolute Gasteiger partial charge is 0.490 e. The summed E-state index contributed by atoms with van der Waals surface area (Å²) in [6, 6.07) is 5.25. The molecule has 4 aliphatic rings. The highest BCUT2D eigenvalue weighted by atomic mass is 16.5. The lowest BCUT2D eigenvalue weighted by atomic mass is 9.96. The molecule has 2 heterocycles. The van der Waals surface area contributed by atoms with Crippen molar-refractivity contribution in [3.63, 3.8) is 0 Å². The lowest BCUT2D eigenvalue weighted by Crippen LogP contribution is -2.48. The molecule has 0 spiro atoms. The van der Waals surface area contributed by atoms with Crippen molar-refractivity contribution < 1.29 is 23.9 Å². The van der Waals surface area contributed by atoms with Gasteiger partial charge in [0.15, 0.2) is 11.5 Å². The second kappa shape index (κ2) is 7.43. The molecule has 2 aliphatic heterocycles. The van der Waals surface area contributed by atoms with Gasteiger partial charge < -0.3 is 19.7 Å². The van der Waals surface area contributed by atoms with Crippen molar-refractivity contribution in [3.8, 4) is 11.5 Å². The van der Waals surface area contributed by atoms with Gasteiger partial charge in [-0.3, -0.25) is 14.5 Å². The van der Waals surface area contributed by atoms with Crippen LogP contribution >= 0.6 is 0 Å². The summed E-state index contributed by atoms with van der Waals surface area (Å²) in [5.41, 5.74) is 0.0753. The van der Waals surface area contributed by atoms with Crippen LogP contribution in [0.1, 0.15) is 57.6 Å². The lowest BCUT2D eigenvalue weighted by molar-refractivity contribution is -0.140. The summed E-state index contributed by atoms with van der Waals surface area (Å²) < 4.78 is 11.5. The van der Waals surface area contributed by atoms with Gasteiger partial charge in [-0.15, -0.1) is 0 Å². The Bertz CT molecular complexity index is 926. The van der Waals surface area contributed by atoms with Crippen LogP contribution in [0.15, 0.2) is 18.2 Å². The zero-order valence-electron chi connectivity index (χ0n) is 18.1. The highest BCUT2D eigenvalue weighted by Gasteiger charge is 2.56. The van der Waals surface area contributed by atoms with Gasteiger partial charge in [0.25, 0.3) is 5.91 Å². The summed E-state index contributed by atoms with van der Waals surface area (Å²) >= 11 is 0. The zero-order valence-corrected chi connectivity index (χ0v) is 18.1. The molecule has 166 valence electrons. The Morgan fingerprint density at radius 3 is 2.58 bits per heavy atom. The molecule has 8 nitrogen and oxygen atoms in total. The van der Waals surface area contributed by atoms with Crippen LogP contribution in [0.4, 0.5) is 4.79 Å². The number of hydrogen-bond acceptors (Lipinski definition) is 5. The molecular formula is C23H29N3O5. The molecule has 0 radical (unpaired) electrons. The third-order valence-corrected chi connectivity index (χ3v) is 6.89. The third-order valence-electron chi connectivity index (χ3n) is 6.89. The van der Waals surface area contributed by atoms with Gasteiger partial charge in [0.2, 0.25) is 5.91 Å². The second-order valence-electron chi connectivity index (χ2n) is 9.26. The Morgan fingerprint density at radius 1 is 1.19 bits per heavy atom. The van der Waals surface area contributed by atoms with Gasteiger partial charge in [-0.1, -0.05) is 6.07 Å². The number of nitrogens with zero attached hydrogens (tertiary/aromatic N) is 2. The minimum absolute atomic E-state index is 0.133. The summed E-state index contributed by atoms with van der Waals surface area (Å²) in [7, 11) is 0. The SMILES string of the molecule is C[C@H](c1ccc2c(c1)OCCCO2)N(C(=O)CN1C(=O)N[C@](C)(C2CC2)C1=O)C1CC1. The van der Waals surface area contributed by atoms with E-state index in [1.54, 1.807) is 6.92 Å². The van der Waals surface area contributed by atoms with Crippen molar-refractivity contribution >= 4 is 17.8 Å². The molecule has 1 N–H and O–H groups in total. The lowest BCUT2D eigenvalue weighted by Gasteiger charge is -2.31. The van der Waals surface area contributed by atoms with Crippen LogP contribution in [0.2, 0.25) is 0 Å². The smallest absolute Gasteiger partial charge is 0.325 e. The number of ether oxygens (including phenoxy) is 2. The van der Waals surface area contributed by atoms with Gasteiger partial charge in [-0.25, -0.2) is 4.79 Å². The maximum absolute atomic E-state index is 13.3. The predicted octanol–water partition coefficient (Wildman–Crippen LogP) is 2.62. The number of rotatable bonds is 6. The monoisotopic (exact) mass is 427 g/mol. The van der Waals surface area contributed by atoms with Crippen LogP contribution in [0.3, 0.4) is 0 Å². The molecule has 0 unspecified atom stereocenters. The third kappa shape index (κ3) is 3.62. The van der Waals surface area contributed by atoms with E-state index >= 15 is 0 Å². The maximum Gasteiger partial charge on any atom is 0.325 e. The van der Waals surface area contributed by atoms with Crippen molar-refractivity contribution in [2.45, 2.75) is 63.6 Å². The molecule has 2 atom stereocenters. The number of nitrogens with one attached hydrogen (secondary N) is 1. The van der Waals surface area contributed by atoms with E-state index in [0.29, 0.717) is 19.0 Å². The van der Waals surface area contributed by atoms with Crippen LogP contribution < -0.4 is 14.8 Å². The fourth-order valence-corrected chi connectivity index (χ4v) is 4.70. The van der Waals surface area contributed by atoms with Crippen molar-refractivity contribution in [3.05, 3.63) is 23.8 Å². The van der Waals surface area contributed by atoms with E-state index in [1.807, 2.05) is 30.0 Å². The Morgan fingerprint density at radius 2 is 1.90 bits per heavy atom. The van der Waals surface area contributed by atoms with E-state index in [0.717, 1.165) is 48.3 Å². The zero-order chi connectivity index (χ0) is 21.8. The summed E-state index contributed by atoms with van der Waals surface area (Å²) in [4.78, 5) is 41.7. The second-order valence-corrected chi connectivity index (χ2v) is 9.26. The highest BCUT2D eigenvalue weighted by molar-refractivity contribution is 6.09. The Balaban J connectivity index is 1.34. The first-order chi connectivity index (χ1) is 14.9. The number of amides is 4. The molecule has 8 heteroatoms. The fraction of sp³-hybridized carbons (Fsp3) is 0.609. The molecular weight excluding hydrogens is 398 g/mol.